The summed E-state index contributed by atoms with van der Waals surface area (Å²) in [6.07, 6.45) is 3.48. The number of hydrogen-bond acceptors (Lipinski definition) is 6. The molecule has 156 valence electrons. The van der Waals surface area contributed by atoms with Crippen molar-refractivity contribution in [2.45, 2.75) is 6.92 Å². The summed E-state index contributed by atoms with van der Waals surface area (Å²) in [5, 5.41) is 3.33. The van der Waals surface area contributed by atoms with Gasteiger partial charge in [0.2, 0.25) is 0 Å². The average Bonchev–Trinajstić information content (AvgIpc) is 3.07. The predicted octanol–water partition coefficient (Wildman–Crippen LogP) is 5.15. The zero-order valence-electron chi connectivity index (χ0n) is 16.6. The van der Waals surface area contributed by atoms with Gasteiger partial charge in [-0.3, -0.25) is 4.79 Å². The highest BCUT2D eigenvalue weighted by Crippen LogP contribution is 2.36. The molecule has 0 spiro atoms. The van der Waals surface area contributed by atoms with Gasteiger partial charge >= 0.3 is 0 Å². The maximum atomic E-state index is 12.4. The third-order valence-electron chi connectivity index (χ3n) is 3.92. The lowest BCUT2D eigenvalue weighted by molar-refractivity contribution is -0.115. The van der Waals surface area contributed by atoms with Crippen LogP contribution >= 0.6 is 34.4 Å². The van der Waals surface area contributed by atoms with E-state index in [2.05, 4.69) is 39.5 Å². The minimum atomic E-state index is -0.189. The zero-order valence-corrected chi connectivity index (χ0v) is 19.6. The molecule has 0 aliphatic carbocycles. The Morgan fingerprint density at radius 3 is 2.67 bits per heavy atom. The number of benzene rings is 2. The number of nitrogens with one attached hydrogen (secondary N) is 1. The molecule has 1 aliphatic rings. The summed E-state index contributed by atoms with van der Waals surface area (Å²) < 4.78 is 17.4. The first-order valence-electron chi connectivity index (χ1n) is 9.17. The number of methoxy groups -OCH3 is 1. The molecule has 1 N–H and O–H groups in total. The summed E-state index contributed by atoms with van der Waals surface area (Å²) >= 11 is 3.48. The van der Waals surface area contributed by atoms with E-state index in [4.69, 9.17) is 14.2 Å². The monoisotopic (exact) mass is 536 g/mol. The van der Waals surface area contributed by atoms with Crippen LogP contribution in [0.15, 0.2) is 59.0 Å². The van der Waals surface area contributed by atoms with Crippen LogP contribution in [0.4, 0.5) is 5.69 Å². The van der Waals surface area contributed by atoms with Crippen molar-refractivity contribution in [2.24, 2.45) is 4.99 Å². The van der Waals surface area contributed by atoms with Crippen LogP contribution in [0.1, 0.15) is 12.5 Å². The third-order valence-corrected chi connectivity index (χ3v) is 5.64. The normalized spacial score (nSPS) is 15.9. The van der Waals surface area contributed by atoms with Gasteiger partial charge in [0.15, 0.2) is 16.7 Å². The second kappa shape index (κ2) is 10.5. The SMILES string of the molecule is C=CCOc1c(I)cc(/C=C2/SC(=Nc3ccc(OCC)cc3)NC2=O)cc1OC. The maximum absolute atomic E-state index is 12.4. The Labute approximate surface area is 193 Å². The van der Waals surface area contributed by atoms with Gasteiger partial charge < -0.3 is 19.5 Å². The Balaban J connectivity index is 1.80. The molecule has 1 aliphatic heterocycles. The first kappa shape index (κ1) is 22.2. The largest absolute Gasteiger partial charge is 0.494 e. The van der Waals surface area contributed by atoms with Crippen LogP contribution in [0.5, 0.6) is 17.2 Å². The van der Waals surface area contributed by atoms with Crippen LogP contribution in [0.25, 0.3) is 6.08 Å². The van der Waals surface area contributed by atoms with Crippen LogP contribution in [0.3, 0.4) is 0 Å². The number of carbonyl (C=O) groups excluding carboxylic acids is 1. The Kier molecular flexibility index (Phi) is 7.81. The van der Waals surface area contributed by atoms with Crippen molar-refractivity contribution in [3.05, 3.63) is 63.1 Å². The van der Waals surface area contributed by atoms with Crippen molar-refractivity contribution >= 4 is 57.2 Å². The van der Waals surface area contributed by atoms with Gasteiger partial charge in [-0.25, -0.2) is 4.99 Å². The second-order valence-corrected chi connectivity index (χ2v) is 8.24. The van der Waals surface area contributed by atoms with Gasteiger partial charge in [0.05, 0.1) is 27.9 Å². The van der Waals surface area contributed by atoms with Gasteiger partial charge in [0.1, 0.15) is 12.4 Å². The molecule has 1 amide bonds. The molecule has 1 fully saturated rings. The lowest BCUT2D eigenvalue weighted by Gasteiger charge is -2.12. The number of amidine groups is 1. The van der Waals surface area contributed by atoms with Gasteiger partial charge in [-0.2, -0.15) is 0 Å². The summed E-state index contributed by atoms with van der Waals surface area (Å²) in [5.74, 6) is 1.85. The van der Waals surface area contributed by atoms with Crippen molar-refractivity contribution in [1.29, 1.82) is 0 Å². The third kappa shape index (κ3) is 5.57. The predicted molar refractivity (Wildman–Crippen MR) is 130 cm³/mol. The van der Waals surface area contributed by atoms with Gasteiger partial charge in [0.25, 0.3) is 5.91 Å². The topological polar surface area (TPSA) is 69.2 Å². The molecule has 1 saturated heterocycles. The number of thioether (sulfide) groups is 1. The van der Waals surface area contributed by atoms with Crippen molar-refractivity contribution < 1.29 is 19.0 Å². The molecule has 0 radical (unpaired) electrons. The Morgan fingerprint density at radius 1 is 1.23 bits per heavy atom. The Bertz CT molecular complexity index is 1000. The van der Waals surface area contributed by atoms with E-state index in [1.54, 1.807) is 13.2 Å². The number of rotatable bonds is 8. The van der Waals surface area contributed by atoms with E-state index in [1.165, 1.54) is 11.8 Å². The van der Waals surface area contributed by atoms with Crippen molar-refractivity contribution in [3.8, 4) is 17.2 Å². The molecule has 0 bridgehead atoms. The number of halogens is 1. The fourth-order valence-electron chi connectivity index (χ4n) is 2.64. The van der Waals surface area contributed by atoms with E-state index in [0.717, 1.165) is 20.6 Å². The summed E-state index contributed by atoms with van der Waals surface area (Å²) in [6, 6.07) is 11.2. The fraction of sp³-hybridized carbons (Fsp3) is 0.182. The van der Waals surface area contributed by atoms with E-state index in [1.807, 2.05) is 49.4 Å². The van der Waals surface area contributed by atoms with Crippen LogP contribution in [-0.2, 0) is 4.79 Å². The first-order valence-corrected chi connectivity index (χ1v) is 11.1. The number of ether oxygens (including phenoxy) is 3. The van der Waals surface area contributed by atoms with E-state index in [-0.39, 0.29) is 5.91 Å². The van der Waals surface area contributed by atoms with E-state index < -0.39 is 0 Å². The molecular weight excluding hydrogens is 515 g/mol. The quantitative estimate of drug-likeness (QED) is 0.287. The highest BCUT2D eigenvalue weighted by atomic mass is 127. The molecule has 0 atom stereocenters. The van der Waals surface area contributed by atoms with Gasteiger partial charge in [-0.15, -0.1) is 0 Å². The highest BCUT2D eigenvalue weighted by Gasteiger charge is 2.24. The molecule has 3 rings (SSSR count). The number of amides is 1. The minimum absolute atomic E-state index is 0.189. The number of aliphatic imine (C=N–C) groups is 1. The summed E-state index contributed by atoms with van der Waals surface area (Å²) in [7, 11) is 1.59. The average molecular weight is 536 g/mol. The van der Waals surface area contributed by atoms with E-state index in [9.17, 15) is 4.79 Å². The second-order valence-electron chi connectivity index (χ2n) is 6.04. The zero-order chi connectivity index (χ0) is 21.5. The van der Waals surface area contributed by atoms with Crippen molar-refractivity contribution in [1.82, 2.24) is 5.32 Å². The molecule has 0 unspecified atom stereocenters. The van der Waals surface area contributed by atoms with Crippen LogP contribution in [-0.4, -0.2) is 31.4 Å². The molecule has 0 saturated carbocycles. The van der Waals surface area contributed by atoms with Crippen molar-refractivity contribution in [2.75, 3.05) is 20.3 Å². The minimum Gasteiger partial charge on any atom is -0.494 e. The standard InChI is InChI=1S/C22H21IN2O4S/c1-4-10-29-20-17(23)11-14(12-18(20)27-3)13-19-21(26)25-22(30-19)24-15-6-8-16(9-7-15)28-5-2/h4,6-9,11-13H,1,5,10H2,2-3H3,(H,24,25,26)/b19-13+. The van der Waals surface area contributed by atoms with Gasteiger partial charge in [0, 0.05) is 0 Å². The summed E-state index contributed by atoms with van der Waals surface area (Å²) in [6.45, 7) is 6.59. The molecule has 2 aromatic rings. The number of hydrogen-bond donors (Lipinski definition) is 1. The fourth-order valence-corrected chi connectivity index (χ4v) is 4.26. The molecule has 0 aromatic heterocycles. The first-order chi connectivity index (χ1) is 14.5. The number of carbonyl (C=O) groups is 1. The molecule has 1 heterocycles. The Hall–Kier alpha value is -2.46. The van der Waals surface area contributed by atoms with Gasteiger partial charge in [-0.1, -0.05) is 12.7 Å². The van der Waals surface area contributed by atoms with E-state index in [0.29, 0.717) is 34.8 Å². The highest BCUT2D eigenvalue weighted by molar-refractivity contribution is 14.1. The van der Waals surface area contributed by atoms with Crippen LogP contribution in [0, 0.1) is 3.57 Å². The lowest BCUT2D eigenvalue weighted by Crippen LogP contribution is -2.19. The van der Waals surface area contributed by atoms with Crippen LogP contribution in [0.2, 0.25) is 0 Å². The van der Waals surface area contributed by atoms with E-state index >= 15 is 0 Å². The smallest absolute Gasteiger partial charge is 0.264 e. The van der Waals surface area contributed by atoms with Crippen LogP contribution < -0.4 is 19.5 Å². The van der Waals surface area contributed by atoms with Gasteiger partial charge in [-0.05, 0) is 89.3 Å². The van der Waals surface area contributed by atoms with Crippen molar-refractivity contribution in [3.63, 3.8) is 0 Å². The summed E-state index contributed by atoms with van der Waals surface area (Å²) in [5.41, 5.74) is 1.57. The Morgan fingerprint density at radius 2 is 2.00 bits per heavy atom. The maximum Gasteiger partial charge on any atom is 0.264 e. The lowest BCUT2D eigenvalue weighted by atomic mass is 10.2. The molecule has 8 heteroatoms. The molecular formula is C22H21IN2O4S. The molecule has 30 heavy (non-hydrogen) atoms. The molecule has 2 aromatic carbocycles. The number of nitrogens with zero attached hydrogens (tertiary/aromatic N) is 1. The molecule has 6 nitrogen and oxygen atoms in total. The summed E-state index contributed by atoms with van der Waals surface area (Å²) in [4.78, 5) is 17.4.